The van der Waals surface area contributed by atoms with Crippen molar-refractivity contribution in [2.45, 2.75) is 45.4 Å². The Kier molecular flexibility index (Phi) is 4.78. The molecule has 3 heterocycles. The van der Waals surface area contributed by atoms with Gasteiger partial charge in [0.05, 0.1) is 24.6 Å². The lowest BCUT2D eigenvalue weighted by atomic mass is 9.96. The Balaban J connectivity index is 1.38. The van der Waals surface area contributed by atoms with E-state index >= 15 is 0 Å². The van der Waals surface area contributed by atoms with E-state index in [1.807, 2.05) is 4.68 Å². The van der Waals surface area contributed by atoms with Crippen LogP contribution in [0.25, 0.3) is 0 Å². The number of nitrogens with zero attached hydrogens (tertiary/aromatic N) is 2. The van der Waals surface area contributed by atoms with E-state index in [-0.39, 0.29) is 6.10 Å². The summed E-state index contributed by atoms with van der Waals surface area (Å²) in [4.78, 5) is 11.4. The van der Waals surface area contributed by atoms with Crippen molar-refractivity contribution in [2.75, 3.05) is 13.7 Å². The first-order valence-corrected chi connectivity index (χ1v) is 9.46. The van der Waals surface area contributed by atoms with Gasteiger partial charge in [-0.05, 0) is 37.8 Å². The lowest BCUT2D eigenvalue weighted by molar-refractivity contribution is 0.0998. The number of rotatable bonds is 6. The molecule has 2 aromatic rings. The van der Waals surface area contributed by atoms with E-state index in [1.54, 1.807) is 13.3 Å². The van der Waals surface area contributed by atoms with E-state index in [9.17, 15) is 4.79 Å². The first-order valence-electron chi connectivity index (χ1n) is 9.46. The third-order valence-corrected chi connectivity index (χ3v) is 5.46. The SMILES string of the molecule is COc1cc(CNC[C@@H]2CCc3c(C(N)=O)cnn3C2)c2c(c1)C[C@@H](C)O2. The van der Waals surface area contributed by atoms with Crippen LogP contribution in [-0.4, -0.2) is 35.4 Å². The molecule has 0 unspecified atom stereocenters. The maximum atomic E-state index is 11.4. The molecule has 0 aliphatic carbocycles. The van der Waals surface area contributed by atoms with Crippen LogP contribution in [0.5, 0.6) is 11.5 Å². The number of primary amides is 1. The van der Waals surface area contributed by atoms with Crippen molar-refractivity contribution in [3.05, 3.63) is 40.7 Å². The Labute approximate surface area is 158 Å². The monoisotopic (exact) mass is 370 g/mol. The fourth-order valence-electron chi connectivity index (χ4n) is 4.12. The standard InChI is InChI=1S/C20H26N4O3/c1-12-5-14-6-16(26-2)7-15(19(14)27-12)9-22-8-13-3-4-18-17(20(21)25)10-23-24(18)11-13/h6-7,10,12-13,22H,3-5,8-9,11H2,1-2H3,(H2,21,25)/t12-,13+/m1/s1. The normalized spacial score (nSPS) is 20.7. The number of carbonyl (C=O) groups excluding carboxylic acids is 1. The van der Waals surface area contributed by atoms with Crippen LogP contribution in [0.2, 0.25) is 0 Å². The van der Waals surface area contributed by atoms with Crippen molar-refractivity contribution >= 4 is 5.91 Å². The van der Waals surface area contributed by atoms with Gasteiger partial charge >= 0.3 is 0 Å². The highest BCUT2D eigenvalue weighted by Gasteiger charge is 2.25. The van der Waals surface area contributed by atoms with Gasteiger partial charge in [0.2, 0.25) is 0 Å². The largest absolute Gasteiger partial charge is 0.497 e. The first kappa shape index (κ1) is 17.9. The molecule has 0 saturated carbocycles. The van der Waals surface area contributed by atoms with Gasteiger partial charge in [-0.15, -0.1) is 0 Å². The van der Waals surface area contributed by atoms with Gasteiger partial charge in [-0.1, -0.05) is 0 Å². The van der Waals surface area contributed by atoms with E-state index in [0.717, 1.165) is 61.7 Å². The average molecular weight is 370 g/mol. The van der Waals surface area contributed by atoms with Crippen LogP contribution in [0, 0.1) is 5.92 Å². The fourth-order valence-corrected chi connectivity index (χ4v) is 4.12. The van der Waals surface area contributed by atoms with Crippen LogP contribution in [0.1, 0.15) is 40.5 Å². The summed E-state index contributed by atoms with van der Waals surface area (Å²) in [6, 6.07) is 4.12. The third-order valence-electron chi connectivity index (χ3n) is 5.46. The summed E-state index contributed by atoms with van der Waals surface area (Å²) in [6.45, 7) is 4.51. The van der Waals surface area contributed by atoms with E-state index in [2.05, 4.69) is 29.5 Å². The minimum Gasteiger partial charge on any atom is -0.497 e. The summed E-state index contributed by atoms with van der Waals surface area (Å²) >= 11 is 0. The molecule has 3 N–H and O–H groups in total. The van der Waals surface area contributed by atoms with Crippen LogP contribution < -0.4 is 20.5 Å². The summed E-state index contributed by atoms with van der Waals surface area (Å²) in [6.07, 6.45) is 4.57. The molecule has 2 aliphatic rings. The minimum absolute atomic E-state index is 0.210. The number of amides is 1. The van der Waals surface area contributed by atoms with E-state index < -0.39 is 5.91 Å². The topological polar surface area (TPSA) is 91.4 Å². The van der Waals surface area contributed by atoms with Crippen molar-refractivity contribution in [1.29, 1.82) is 0 Å². The van der Waals surface area contributed by atoms with Gasteiger partial charge in [-0.25, -0.2) is 0 Å². The Morgan fingerprint density at radius 1 is 1.48 bits per heavy atom. The van der Waals surface area contributed by atoms with Crippen LogP contribution in [0.4, 0.5) is 0 Å². The molecule has 7 heteroatoms. The Bertz CT molecular complexity index is 861. The Morgan fingerprint density at radius 2 is 2.33 bits per heavy atom. The zero-order chi connectivity index (χ0) is 19.0. The summed E-state index contributed by atoms with van der Waals surface area (Å²) in [5.41, 5.74) is 9.29. The maximum absolute atomic E-state index is 11.4. The number of hydrogen-bond acceptors (Lipinski definition) is 5. The van der Waals surface area contributed by atoms with Crippen molar-refractivity contribution in [3.8, 4) is 11.5 Å². The van der Waals surface area contributed by atoms with Crippen molar-refractivity contribution in [3.63, 3.8) is 0 Å². The highest BCUT2D eigenvalue weighted by molar-refractivity contribution is 5.93. The van der Waals surface area contributed by atoms with Gasteiger partial charge in [-0.2, -0.15) is 5.10 Å². The number of ether oxygens (including phenoxy) is 2. The van der Waals surface area contributed by atoms with Gasteiger partial charge < -0.3 is 20.5 Å². The second-order valence-electron chi connectivity index (χ2n) is 7.49. The molecule has 7 nitrogen and oxygen atoms in total. The van der Waals surface area contributed by atoms with E-state index in [1.165, 1.54) is 5.56 Å². The molecule has 2 aliphatic heterocycles. The molecular formula is C20H26N4O3. The zero-order valence-electron chi connectivity index (χ0n) is 15.8. The molecule has 0 fully saturated rings. The number of aromatic nitrogens is 2. The van der Waals surface area contributed by atoms with Crippen LogP contribution in [-0.2, 0) is 25.9 Å². The number of methoxy groups -OCH3 is 1. The number of nitrogens with two attached hydrogens (primary N) is 1. The molecule has 27 heavy (non-hydrogen) atoms. The van der Waals surface area contributed by atoms with E-state index in [0.29, 0.717) is 11.5 Å². The minimum atomic E-state index is -0.395. The molecule has 0 bridgehead atoms. The Hall–Kier alpha value is -2.54. The predicted octanol–water partition coefficient (Wildman–Crippen LogP) is 1.67. The smallest absolute Gasteiger partial charge is 0.252 e. The molecule has 0 radical (unpaired) electrons. The predicted molar refractivity (Wildman–Crippen MR) is 101 cm³/mol. The molecule has 1 amide bonds. The van der Waals surface area contributed by atoms with Crippen molar-refractivity contribution in [2.24, 2.45) is 11.7 Å². The van der Waals surface area contributed by atoms with Crippen LogP contribution >= 0.6 is 0 Å². The van der Waals surface area contributed by atoms with Crippen LogP contribution in [0.15, 0.2) is 18.3 Å². The summed E-state index contributed by atoms with van der Waals surface area (Å²) in [5, 5.41) is 7.88. The number of benzene rings is 1. The van der Waals surface area contributed by atoms with Gasteiger partial charge in [0.1, 0.15) is 17.6 Å². The lowest BCUT2D eigenvalue weighted by Gasteiger charge is -2.24. The molecule has 1 aromatic carbocycles. The second-order valence-corrected chi connectivity index (χ2v) is 7.49. The fraction of sp³-hybridized carbons (Fsp3) is 0.500. The molecule has 2 atom stereocenters. The zero-order valence-corrected chi connectivity index (χ0v) is 15.8. The van der Waals surface area contributed by atoms with Crippen molar-refractivity contribution < 1.29 is 14.3 Å². The molecule has 0 saturated heterocycles. The van der Waals surface area contributed by atoms with Gasteiger partial charge in [0, 0.05) is 37.2 Å². The highest BCUT2D eigenvalue weighted by Crippen LogP contribution is 2.36. The van der Waals surface area contributed by atoms with Crippen LogP contribution in [0.3, 0.4) is 0 Å². The molecule has 1 aromatic heterocycles. The molecule has 144 valence electrons. The molecular weight excluding hydrogens is 344 g/mol. The second kappa shape index (κ2) is 7.23. The average Bonchev–Trinajstić information content (AvgIpc) is 3.23. The Morgan fingerprint density at radius 3 is 3.11 bits per heavy atom. The van der Waals surface area contributed by atoms with Gasteiger partial charge in [0.15, 0.2) is 0 Å². The number of hydrogen-bond donors (Lipinski definition) is 2. The van der Waals surface area contributed by atoms with Gasteiger partial charge in [0.25, 0.3) is 5.91 Å². The molecule has 0 spiro atoms. The van der Waals surface area contributed by atoms with E-state index in [4.69, 9.17) is 15.2 Å². The van der Waals surface area contributed by atoms with Crippen molar-refractivity contribution in [1.82, 2.24) is 15.1 Å². The number of fused-ring (bicyclic) bond motifs is 2. The van der Waals surface area contributed by atoms with Gasteiger partial charge in [-0.3, -0.25) is 9.48 Å². The number of nitrogens with one attached hydrogen (secondary N) is 1. The number of carbonyl (C=O) groups is 1. The quantitative estimate of drug-likeness (QED) is 0.807. The maximum Gasteiger partial charge on any atom is 0.252 e. The molecule has 4 rings (SSSR count). The summed E-state index contributed by atoms with van der Waals surface area (Å²) in [7, 11) is 1.70. The summed E-state index contributed by atoms with van der Waals surface area (Å²) < 4.78 is 13.4. The third kappa shape index (κ3) is 3.51. The first-order chi connectivity index (χ1) is 13.0. The summed E-state index contributed by atoms with van der Waals surface area (Å²) in [5.74, 6) is 1.95. The highest BCUT2D eigenvalue weighted by atomic mass is 16.5. The lowest BCUT2D eigenvalue weighted by Crippen LogP contribution is -2.31.